The average molecular weight is 311 g/mol. The van der Waals surface area contributed by atoms with Gasteiger partial charge in [0.15, 0.2) is 0 Å². The van der Waals surface area contributed by atoms with Gasteiger partial charge in [-0.1, -0.05) is 30.3 Å². The number of halogens is 1. The molecule has 0 saturated carbocycles. The third kappa shape index (κ3) is 2.85. The van der Waals surface area contributed by atoms with Crippen molar-refractivity contribution < 1.29 is 18.7 Å². The van der Waals surface area contributed by atoms with Gasteiger partial charge < -0.3 is 4.74 Å². The van der Waals surface area contributed by atoms with Gasteiger partial charge in [-0.2, -0.15) is 0 Å². The number of hydrogen-bond donors (Lipinski definition) is 0. The second-order valence-electron chi connectivity index (χ2n) is 5.12. The van der Waals surface area contributed by atoms with Crippen LogP contribution in [0.25, 0.3) is 10.9 Å². The minimum absolute atomic E-state index is 0.111. The summed E-state index contributed by atoms with van der Waals surface area (Å²) in [6.45, 7) is 0. The van der Waals surface area contributed by atoms with Crippen molar-refractivity contribution in [1.29, 1.82) is 0 Å². The summed E-state index contributed by atoms with van der Waals surface area (Å²) in [6, 6.07) is 12.9. The van der Waals surface area contributed by atoms with E-state index in [9.17, 15) is 14.0 Å². The van der Waals surface area contributed by atoms with Crippen LogP contribution >= 0.6 is 0 Å². The van der Waals surface area contributed by atoms with E-state index in [0.29, 0.717) is 22.0 Å². The molecule has 0 atom stereocenters. The van der Waals surface area contributed by atoms with Gasteiger partial charge in [0, 0.05) is 11.6 Å². The Balaban J connectivity index is 2.00. The highest BCUT2D eigenvalue weighted by Gasteiger charge is 2.18. The fraction of sp³-hybridized carbons (Fsp3) is 0.111. The summed E-state index contributed by atoms with van der Waals surface area (Å²) in [5, 5.41) is 0.659. The van der Waals surface area contributed by atoms with Gasteiger partial charge in [-0.3, -0.25) is 9.36 Å². The quantitative estimate of drug-likeness (QED) is 0.696. The van der Waals surface area contributed by atoms with E-state index in [1.165, 1.54) is 30.0 Å². The molecule has 3 aromatic rings. The van der Waals surface area contributed by atoms with Gasteiger partial charge in [0.2, 0.25) is 5.91 Å². The summed E-state index contributed by atoms with van der Waals surface area (Å²) in [5.74, 6) is -1.04. The minimum atomic E-state index is -0.491. The molecule has 0 fully saturated rings. The zero-order valence-corrected chi connectivity index (χ0v) is 12.5. The predicted molar refractivity (Wildman–Crippen MR) is 84.0 cm³/mol. The summed E-state index contributed by atoms with van der Waals surface area (Å²) in [5.41, 5.74) is 1.68. The molecule has 5 heteroatoms. The lowest BCUT2D eigenvalue weighted by Gasteiger charge is -2.04. The second-order valence-corrected chi connectivity index (χ2v) is 5.12. The zero-order chi connectivity index (χ0) is 16.4. The summed E-state index contributed by atoms with van der Waals surface area (Å²) < 4.78 is 19.1. The number of methoxy groups -OCH3 is 1. The molecule has 0 aliphatic carbocycles. The lowest BCUT2D eigenvalue weighted by molar-refractivity contribution is 0.0603. The van der Waals surface area contributed by atoms with Gasteiger partial charge in [-0.05, 0) is 23.8 Å². The van der Waals surface area contributed by atoms with Crippen molar-refractivity contribution in [1.82, 2.24) is 4.57 Å². The van der Waals surface area contributed by atoms with Crippen molar-refractivity contribution >= 4 is 22.8 Å². The summed E-state index contributed by atoms with van der Waals surface area (Å²) in [7, 11) is 1.30. The molecule has 2 aromatic carbocycles. The normalized spacial score (nSPS) is 10.7. The van der Waals surface area contributed by atoms with Crippen molar-refractivity contribution in [2.45, 2.75) is 6.42 Å². The topological polar surface area (TPSA) is 48.3 Å². The maximum Gasteiger partial charge on any atom is 0.340 e. The monoisotopic (exact) mass is 311 g/mol. The first-order valence-electron chi connectivity index (χ1n) is 7.06. The predicted octanol–water partition coefficient (Wildman–Crippen LogP) is 3.45. The van der Waals surface area contributed by atoms with Gasteiger partial charge in [0.05, 0.1) is 24.6 Å². The van der Waals surface area contributed by atoms with Gasteiger partial charge in [-0.15, -0.1) is 0 Å². The van der Waals surface area contributed by atoms with Crippen molar-refractivity contribution in [3.63, 3.8) is 0 Å². The lowest BCUT2D eigenvalue weighted by atomic mass is 10.1. The SMILES string of the molecule is COC(=O)c1cn(C(=O)Cc2ccc(F)cc2)c2ccccc12. The van der Waals surface area contributed by atoms with Crippen LogP contribution in [0.5, 0.6) is 0 Å². The number of esters is 1. The molecule has 0 bridgehead atoms. The minimum Gasteiger partial charge on any atom is -0.465 e. The Bertz CT molecular complexity index is 881. The van der Waals surface area contributed by atoms with E-state index < -0.39 is 5.97 Å². The number of carbonyl (C=O) groups excluding carboxylic acids is 2. The molecule has 0 aliphatic rings. The van der Waals surface area contributed by atoms with Gasteiger partial charge >= 0.3 is 5.97 Å². The van der Waals surface area contributed by atoms with Crippen LogP contribution in [-0.2, 0) is 11.2 Å². The van der Waals surface area contributed by atoms with Gasteiger partial charge in [-0.25, -0.2) is 9.18 Å². The number of benzene rings is 2. The van der Waals surface area contributed by atoms with Crippen LogP contribution in [0.15, 0.2) is 54.7 Å². The molecule has 0 N–H and O–H groups in total. The maximum absolute atomic E-state index is 12.9. The maximum atomic E-state index is 12.9. The molecule has 0 amide bonds. The Hall–Kier alpha value is -2.95. The van der Waals surface area contributed by atoms with Crippen molar-refractivity contribution in [3.8, 4) is 0 Å². The Kier molecular flexibility index (Phi) is 3.93. The number of fused-ring (bicyclic) bond motifs is 1. The van der Waals surface area contributed by atoms with E-state index in [2.05, 4.69) is 0 Å². The number of hydrogen-bond acceptors (Lipinski definition) is 3. The zero-order valence-electron chi connectivity index (χ0n) is 12.5. The van der Waals surface area contributed by atoms with Gasteiger partial charge in [0.25, 0.3) is 0 Å². The number of para-hydroxylation sites is 1. The standard InChI is InChI=1S/C18H14FNO3/c1-23-18(22)15-11-20(16-5-3-2-4-14(15)16)17(21)10-12-6-8-13(19)9-7-12/h2-9,11H,10H2,1H3. The molecular weight excluding hydrogens is 297 g/mol. The first-order chi connectivity index (χ1) is 11.1. The van der Waals surface area contributed by atoms with E-state index in [4.69, 9.17) is 4.74 Å². The van der Waals surface area contributed by atoms with Crippen LogP contribution in [0.4, 0.5) is 4.39 Å². The van der Waals surface area contributed by atoms with Crippen LogP contribution < -0.4 is 0 Å². The fourth-order valence-corrected chi connectivity index (χ4v) is 2.52. The molecule has 4 nitrogen and oxygen atoms in total. The van der Waals surface area contributed by atoms with E-state index in [0.717, 1.165) is 0 Å². The summed E-state index contributed by atoms with van der Waals surface area (Å²) in [6.07, 6.45) is 1.60. The Labute approximate surface area is 132 Å². The number of nitrogens with zero attached hydrogens (tertiary/aromatic N) is 1. The Morgan fingerprint density at radius 3 is 2.48 bits per heavy atom. The molecule has 0 aliphatic heterocycles. The first kappa shape index (κ1) is 15.0. The smallest absolute Gasteiger partial charge is 0.340 e. The molecule has 0 unspecified atom stereocenters. The number of ether oxygens (including phenoxy) is 1. The van der Waals surface area contributed by atoms with Crippen molar-refractivity contribution in [2.75, 3.05) is 7.11 Å². The lowest BCUT2D eigenvalue weighted by Crippen LogP contribution is -2.12. The number of rotatable bonds is 3. The molecule has 0 radical (unpaired) electrons. The highest BCUT2D eigenvalue weighted by molar-refractivity contribution is 6.07. The molecule has 23 heavy (non-hydrogen) atoms. The van der Waals surface area contributed by atoms with Crippen molar-refractivity contribution in [3.05, 3.63) is 71.7 Å². The fourth-order valence-electron chi connectivity index (χ4n) is 2.52. The summed E-state index contributed by atoms with van der Waals surface area (Å²) >= 11 is 0. The largest absolute Gasteiger partial charge is 0.465 e. The van der Waals surface area contributed by atoms with E-state index in [1.54, 1.807) is 36.4 Å². The molecule has 116 valence electrons. The van der Waals surface area contributed by atoms with Crippen LogP contribution in [0.3, 0.4) is 0 Å². The number of aromatic nitrogens is 1. The van der Waals surface area contributed by atoms with E-state index in [1.807, 2.05) is 0 Å². The first-order valence-corrected chi connectivity index (χ1v) is 7.06. The van der Waals surface area contributed by atoms with E-state index in [-0.39, 0.29) is 18.1 Å². The third-order valence-corrected chi connectivity index (χ3v) is 3.65. The van der Waals surface area contributed by atoms with Crippen LogP contribution in [0.1, 0.15) is 20.7 Å². The molecule has 1 aromatic heterocycles. The molecule has 0 saturated heterocycles. The molecule has 3 rings (SSSR count). The van der Waals surface area contributed by atoms with Crippen LogP contribution in [0.2, 0.25) is 0 Å². The molecule has 1 heterocycles. The third-order valence-electron chi connectivity index (χ3n) is 3.65. The molecule has 0 spiro atoms. The highest BCUT2D eigenvalue weighted by Crippen LogP contribution is 2.22. The Morgan fingerprint density at radius 2 is 1.78 bits per heavy atom. The van der Waals surface area contributed by atoms with Gasteiger partial charge in [0.1, 0.15) is 5.82 Å². The summed E-state index contributed by atoms with van der Waals surface area (Å²) in [4.78, 5) is 24.4. The second kappa shape index (κ2) is 6.04. The van der Waals surface area contributed by atoms with Crippen molar-refractivity contribution in [2.24, 2.45) is 0 Å². The number of carbonyl (C=O) groups is 2. The molecular formula is C18H14FNO3. The van der Waals surface area contributed by atoms with Crippen LogP contribution in [0, 0.1) is 5.82 Å². The average Bonchev–Trinajstić information content (AvgIpc) is 2.96. The highest BCUT2D eigenvalue weighted by atomic mass is 19.1. The van der Waals surface area contributed by atoms with E-state index >= 15 is 0 Å². The van der Waals surface area contributed by atoms with Crippen LogP contribution in [-0.4, -0.2) is 23.6 Å². The Morgan fingerprint density at radius 1 is 1.09 bits per heavy atom.